The van der Waals surface area contributed by atoms with Crippen LogP contribution in [0.1, 0.15) is 74.1 Å². The molecule has 358 valence electrons. The molecule has 3 aliphatic rings. The summed E-state index contributed by atoms with van der Waals surface area (Å²) in [5, 5.41) is 4.69. The smallest absolute Gasteiger partial charge is 0.407 e. The third-order valence-corrected chi connectivity index (χ3v) is 10.5. The van der Waals surface area contributed by atoms with Gasteiger partial charge in [-0.25, -0.2) is 19.6 Å². The molecule has 3 fully saturated rings. The van der Waals surface area contributed by atoms with Crippen LogP contribution in [-0.4, -0.2) is 125 Å². The molecule has 5 aromatic rings. The maximum atomic E-state index is 12.5. The third-order valence-electron chi connectivity index (χ3n) is 10.5. The Morgan fingerprint density at radius 1 is 0.773 bits per heavy atom. The summed E-state index contributed by atoms with van der Waals surface area (Å²) in [5.41, 5.74) is 8.82. The molecule has 3 atom stereocenters. The largest absolute Gasteiger partial charge is 0.453 e. The zero-order valence-corrected chi connectivity index (χ0v) is 39.3. The van der Waals surface area contributed by atoms with Crippen molar-refractivity contribution in [1.82, 2.24) is 40.4 Å². The van der Waals surface area contributed by atoms with Crippen LogP contribution in [0.15, 0.2) is 85.0 Å². The number of methoxy groups -OCH3 is 2. The van der Waals surface area contributed by atoms with Gasteiger partial charge in [-0.05, 0) is 73.7 Å². The standard InChI is InChI=1S/C20H14N4.C11H16F2N2O3.C11H18N2O5.2C3H8/c1-2-14(16-6-8-18-20(10-16)24-12-22-18)4-3-13(1)15-5-7-17-19(9-15)23-11-21-17;1-6-4-8(9(12)13)5-15(6)10(16)7(2)14-11(17)18-3;1-8-5-11(17-3-4-18-11)7-13(8)9(14)6-12-10(15)16-2;2*1-3-2/h1-12H,(H,21,23)(H,22,24);6-7H,4-5H2,1-3H3,(H,14,17);8H,3-7H2,1-2H3,(H,12,15);2*3H2,1-2H3. The number of imidazole rings is 2. The predicted octanol–water partition coefficient (Wildman–Crippen LogP) is 8.81. The normalized spacial score (nSPS) is 17.2. The van der Waals surface area contributed by atoms with Gasteiger partial charge in [0.2, 0.25) is 11.8 Å². The Morgan fingerprint density at radius 2 is 1.26 bits per heavy atom. The van der Waals surface area contributed by atoms with Crippen LogP contribution in [0.4, 0.5) is 18.4 Å². The van der Waals surface area contributed by atoms with Gasteiger partial charge in [-0.15, -0.1) is 0 Å². The number of aromatic nitrogens is 4. The number of carbonyl (C=O) groups excluding carboxylic acids is 4. The van der Waals surface area contributed by atoms with Crippen molar-refractivity contribution in [1.29, 1.82) is 0 Å². The van der Waals surface area contributed by atoms with Crippen LogP contribution in [0.25, 0.3) is 44.3 Å². The molecule has 4 amide bonds. The number of alkyl carbamates (subject to hydrolysis) is 2. The second-order valence-corrected chi connectivity index (χ2v) is 16.0. The minimum absolute atomic E-state index is 0.0267. The Hall–Kier alpha value is -6.40. The molecule has 3 saturated heterocycles. The van der Waals surface area contributed by atoms with Gasteiger partial charge in [0.15, 0.2) is 5.79 Å². The minimum atomic E-state index is -1.73. The van der Waals surface area contributed by atoms with Crippen LogP contribution >= 0.6 is 0 Å². The van der Waals surface area contributed by atoms with Crippen molar-refractivity contribution in [3.8, 4) is 22.3 Å². The fourth-order valence-corrected chi connectivity index (χ4v) is 7.36. The summed E-state index contributed by atoms with van der Waals surface area (Å²) >= 11 is 0. The zero-order chi connectivity index (χ0) is 48.4. The van der Waals surface area contributed by atoms with E-state index >= 15 is 0 Å². The molecular formula is C48H64F2N8O8. The van der Waals surface area contributed by atoms with Crippen molar-refractivity contribution < 1.29 is 46.9 Å². The molecule has 66 heavy (non-hydrogen) atoms. The average molecular weight is 919 g/mol. The molecule has 0 aliphatic carbocycles. The number of likely N-dealkylation sites (tertiary alicyclic amines) is 2. The number of ether oxygens (including phenoxy) is 4. The molecule has 3 unspecified atom stereocenters. The average Bonchev–Trinajstić information content (AvgIpc) is 4.18. The van der Waals surface area contributed by atoms with Gasteiger partial charge in [0.25, 0.3) is 6.08 Å². The Labute approximate surface area is 384 Å². The number of hydrogen-bond acceptors (Lipinski definition) is 10. The van der Waals surface area contributed by atoms with Crippen molar-refractivity contribution in [2.45, 2.75) is 98.1 Å². The third kappa shape index (κ3) is 14.3. The Kier molecular flexibility index (Phi) is 20.0. The highest BCUT2D eigenvalue weighted by Crippen LogP contribution is 2.34. The predicted molar refractivity (Wildman–Crippen MR) is 249 cm³/mol. The quantitative estimate of drug-likeness (QED) is 0.128. The van der Waals surface area contributed by atoms with Crippen molar-refractivity contribution in [2.75, 3.05) is 47.1 Å². The summed E-state index contributed by atoms with van der Waals surface area (Å²) in [6, 6.07) is 20.1. The lowest BCUT2D eigenvalue weighted by Crippen LogP contribution is -2.48. The molecule has 3 aliphatic heterocycles. The minimum Gasteiger partial charge on any atom is -0.453 e. The van der Waals surface area contributed by atoms with E-state index in [4.69, 9.17) is 9.47 Å². The molecule has 16 nitrogen and oxygen atoms in total. The van der Waals surface area contributed by atoms with E-state index in [1.165, 1.54) is 61.1 Å². The number of aromatic amines is 2. The van der Waals surface area contributed by atoms with Gasteiger partial charge in [0.1, 0.15) is 12.6 Å². The molecule has 1 spiro atoms. The number of fused-ring (bicyclic) bond motifs is 2. The van der Waals surface area contributed by atoms with Crippen LogP contribution in [0.5, 0.6) is 0 Å². The topological polar surface area (TPSA) is 193 Å². The van der Waals surface area contributed by atoms with Gasteiger partial charge >= 0.3 is 12.2 Å². The molecule has 3 aromatic carbocycles. The zero-order valence-electron chi connectivity index (χ0n) is 39.3. The van der Waals surface area contributed by atoms with Gasteiger partial charge in [0.05, 0.1) is 68.7 Å². The van der Waals surface area contributed by atoms with Crippen LogP contribution < -0.4 is 10.6 Å². The second-order valence-electron chi connectivity index (χ2n) is 16.0. The summed E-state index contributed by atoms with van der Waals surface area (Å²) < 4.78 is 44.9. The maximum absolute atomic E-state index is 12.5. The lowest BCUT2D eigenvalue weighted by Gasteiger charge is -2.24. The molecule has 0 bridgehead atoms. The highest BCUT2D eigenvalue weighted by atomic mass is 19.3. The SMILES string of the molecule is CCC.CCC.COC(=O)NC(C)C(=O)N1CC(=C(F)F)CC1C.COC(=O)NCC(=O)N1CC2(CC1C)OCCO2.c1nc2ccc(-c3ccc(-c4ccc5nc[nH]c5c4)cc3)cc2[nH]1. The summed E-state index contributed by atoms with van der Waals surface area (Å²) in [6.45, 7) is 15.0. The Bertz CT molecular complexity index is 2280. The van der Waals surface area contributed by atoms with E-state index < -0.39 is 36.0 Å². The molecule has 0 radical (unpaired) electrons. The maximum Gasteiger partial charge on any atom is 0.407 e. The van der Waals surface area contributed by atoms with E-state index in [1.54, 1.807) is 24.5 Å². The van der Waals surface area contributed by atoms with E-state index in [0.29, 0.717) is 26.2 Å². The number of H-pyrrole nitrogens is 2. The van der Waals surface area contributed by atoms with Crippen molar-refractivity contribution in [2.24, 2.45) is 0 Å². The Balaban J connectivity index is 0.000000207. The van der Waals surface area contributed by atoms with E-state index in [1.807, 2.05) is 19.1 Å². The van der Waals surface area contributed by atoms with Crippen molar-refractivity contribution in [3.63, 3.8) is 0 Å². The van der Waals surface area contributed by atoms with E-state index in [2.05, 4.69) is 116 Å². The van der Waals surface area contributed by atoms with E-state index in [-0.39, 0.29) is 43.1 Å². The van der Waals surface area contributed by atoms with Gasteiger partial charge in [-0.1, -0.05) is 76.9 Å². The number of carbonyl (C=O) groups is 4. The summed E-state index contributed by atoms with van der Waals surface area (Å²) in [7, 11) is 2.44. The summed E-state index contributed by atoms with van der Waals surface area (Å²) in [6.07, 6.45) is 3.71. The number of rotatable bonds is 6. The molecule has 0 saturated carbocycles. The van der Waals surface area contributed by atoms with Crippen molar-refractivity contribution in [3.05, 3.63) is 85.0 Å². The lowest BCUT2D eigenvalue weighted by molar-refractivity contribution is -0.152. The summed E-state index contributed by atoms with van der Waals surface area (Å²) in [5.74, 6) is -1.20. The van der Waals surface area contributed by atoms with Crippen LogP contribution in [0, 0.1) is 0 Å². The molecule has 5 heterocycles. The fourth-order valence-electron chi connectivity index (χ4n) is 7.36. The molecular weight excluding hydrogens is 855 g/mol. The van der Waals surface area contributed by atoms with Crippen molar-refractivity contribution >= 4 is 46.1 Å². The highest BCUT2D eigenvalue weighted by Gasteiger charge is 2.48. The number of nitrogens with zero attached hydrogens (tertiary/aromatic N) is 4. The summed E-state index contributed by atoms with van der Waals surface area (Å²) in [4.78, 5) is 63.6. The monoisotopic (exact) mass is 918 g/mol. The molecule has 8 rings (SSSR count). The number of nitrogens with one attached hydrogen (secondary N) is 4. The van der Waals surface area contributed by atoms with Crippen LogP contribution in [-0.2, 0) is 28.5 Å². The van der Waals surface area contributed by atoms with E-state index in [0.717, 1.165) is 22.1 Å². The second kappa shape index (κ2) is 25.3. The fraction of sp³-hybridized carbons (Fsp3) is 0.458. The number of benzene rings is 3. The van der Waals surface area contributed by atoms with Gasteiger partial charge in [-0.3, -0.25) is 9.59 Å². The van der Waals surface area contributed by atoms with Crippen LogP contribution in [0.2, 0.25) is 0 Å². The van der Waals surface area contributed by atoms with Crippen LogP contribution in [0.3, 0.4) is 0 Å². The first-order valence-electron chi connectivity index (χ1n) is 22.2. The highest BCUT2D eigenvalue weighted by molar-refractivity contribution is 5.87. The first kappa shape index (κ1) is 52.2. The molecule has 2 aromatic heterocycles. The molecule has 4 N–H and O–H groups in total. The van der Waals surface area contributed by atoms with Gasteiger partial charge in [0, 0.05) is 30.6 Å². The van der Waals surface area contributed by atoms with E-state index in [9.17, 15) is 28.0 Å². The first-order valence-corrected chi connectivity index (χ1v) is 22.2. The first-order chi connectivity index (χ1) is 31.6. The van der Waals surface area contributed by atoms with Gasteiger partial charge < -0.3 is 49.3 Å². The number of amides is 4. The van der Waals surface area contributed by atoms with Gasteiger partial charge in [-0.2, -0.15) is 8.78 Å². The Morgan fingerprint density at radius 3 is 1.71 bits per heavy atom. The molecule has 18 heteroatoms. The lowest BCUT2D eigenvalue weighted by atomic mass is 10.00. The number of hydrogen-bond donors (Lipinski definition) is 4. The number of halogens is 2.